The second-order valence-electron chi connectivity index (χ2n) is 6.74. The molecule has 0 aliphatic rings. The van der Waals surface area contributed by atoms with Gasteiger partial charge in [0.25, 0.3) is 0 Å². The summed E-state index contributed by atoms with van der Waals surface area (Å²) in [7, 11) is 0. The number of rotatable bonds is 13. The zero-order valence-electron chi connectivity index (χ0n) is 17.4. The fourth-order valence-corrected chi connectivity index (χ4v) is 5.41. The van der Waals surface area contributed by atoms with Gasteiger partial charge in [0.1, 0.15) is 0 Å². The lowest BCUT2D eigenvalue weighted by molar-refractivity contribution is -0.137. The topological polar surface area (TPSA) is 46.6 Å². The van der Waals surface area contributed by atoms with E-state index in [9.17, 15) is 9.59 Å². The maximum atomic E-state index is 12.3. The Hall–Kier alpha value is -1.79. The Morgan fingerprint density at radius 3 is 2.62 bits per heavy atom. The van der Waals surface area contributed by atoms with E-state index in [4.69, 9.17) is 4.74 Å². The Labute approximate surface area is 182 Å². The largest absolute Gasteiger partial charge is 0.463 e. The number of hydrogen-bond acceptors (Lipinski definition) is 6. The molecule has 0 aliphatic heterocycles. The number of ether oxygens (including phenoxy) is 1. The average Bonchev–Trinajstić information content (AvgIpc) is 2.73. The van der Waals surface area contributed by atoms with Gasteiger partial charge in [-0.25, -0.2) is 4.79 Å². The van der Waals surface area contributed by atoms with E-state index in [1.165, 1.54) is 22.8 Å². The summed E-state index contributed by atoms with van der Waals surface area (Å²) in [5.74, 6) is 0.656. The van der Waals surface area contributed by atoms with Gasteiger partial charge in [-0.2, -0.15) is 0 Å². The van der Waals surface area contributed by atoms with E-state index in [0.29, 0.717) is 6.61 Å². The van der Waals surface area contributed by atoms with Gasteiger partial charge < -0.3 is 9.64 Å². The van der Waals surface area contributed by atoms with Crippen LogP contribution in [0.5, 0.6) is 0 Å². The van der Waals surface area contributed by atoms with Gasteiger partial charge in [-0.15, -0.1) is 11.8 Å². The number of fused-ring (bicyclic) bond motifs is 1. The van der Waals surface area contributed by atoms with Crippen molar-refractivity contribution in [2.24, 2.45) is 0 Å². The van der Waals surface area contributed by atoms with E-state index >= 15 is 0 Å². The van der Waals surface area contributed by atoms with Crippen molar-refractivity contribution >= 4 is 44.8 Å². The van der Waals surface area contributed by atoms with Crippen molar-refractivity contribution in [3.8, 4) is 0 Å². The summed E-state index contributed by atoms with van der Waals surface area (Å²) in [6.45, 7) is 10.0. The van der Waals surface area contributed by atoms with Crippen LogP contribution in [0.3, 0.4) is 0 Å². The maximum absolute atomic E-state index is 12.3. The van der Waals surface area contributed by atoms with Crippen LogP contribution in [-0.2, 0) is 9.53 Å². The Balaban J connectivity index is 1.87. The molecule has 0 fully saturated rings. The minimum atomic E-state index is -0.348. The van der Waals surface area contributed by atoms with Gasteiger partial charge in [0.15, 0.2) is 0 Å². The second kappa shape index (κ2) is 12.7. The van der Waals surface area contributed by atoms with E-state index in [1.807, 2.05) is 0 Å². The van der Waals surface area contributed by atoms with Crippen LogP contribution in [-0.4, -0.2) is 31.4 Å². The molecule has 0 amide bonds. The van der Waals surface area contributed by atoms with Crippen LogP contribution in [0.15, 0.2) is 46.6 Å². The lowest BCUT2D eigenvalue weighted by Crippen LogP contribution is -2.22. The number of esters is 1. The number of unbranched alkanes of at least 4 members (excludes halogenated alkanes) is 4. The third-order valence-corrected chi connectivity index (χ3v) is 6.87. The van der Waals surface area contributed by atoms with Crippen LogP contribution in [0.25, 0.3) is 10.1 Å². The van der Waals surface area contributed by atoms with Crippen LogP contribution in [0.1, 0.15) is 46.0 Å². The third-order valence-electron chi connectivity index (χ3n) is 4.77. The predicted molar refractivity (Wildman–Crippen MR) is 127 cm³/mol. The first-order chi connectivity index (χ1) is 14.1. The van der Waals surface area contributed by atoms with Crippen molar-refractivity contribution in [1.82, 2.24) is 0 Å². The highest BCUT2D eigenvalue weighted by molar-refractivity contribution is 7.99. The minimum Gasteiger partial charge on any atom is -0.463 e. The van der Waals surface area contributed by atoms with Crippen molar-refractivity contribution in [3.63, 3.8) is 0 Å². The molecule has 1 heterocycles. The first kappa shape index (κ1) is 23.5. The average molecular weight is 434 g/mol. The summed E-state index contributed by atoms with van der Waals surface area (Å²) in [5, 5.41) is 1.19. The molecule has 0 atom stereocenters. The van der Waals surface area contributed by atoms with Gasteiger partial charge in [-0.1, -0.05) is 49.3 Å². The molecule has 4 nitrogen and oxygen atoms in total. The number of anilines is 1. The molecule has 0 N–H and O–H groups in total. The minimum absolute atomic E-state index is 0.119. The molecule has 0 saturated carbocycles. The first-order valence-corrected chi connectivity index (χ1v) is 12.1. The van der Waals surface area contributed by atoms with Crippen molar-refractivity contribution < 1.29 is 9.53 Å². The fourth-order valence-electron chi connectivity index (χ4n) is 3.22. The Bertz CT molecular complexity index is 859. The molecule has 1 aromatic carbocycles. The molecule has 0 saturated heterocycles. The Kier molecular flexibility index (Phi) is 10.3. The first-order valence-electron chi connectivity index (χ1n) is 10.3. The van der Waals surface area contributed by atoms with Gasteiger partial charge in [0.05, 0.1) is 17.0 Å². The van der Waals surface area contributed by atoms with Crippen molar-refractivity contribution in [1.29, 1.82) is 0 Å². The molecule has 29 heavy (non-hydrogen) atoms. The molecular formula is C23H31NO3S2. The van der Waals surface area contributed by atoms with Gasteiger partial charge >= 0.3 is 5.97 Å². The number of thioether (sulfide) groups is 1. The number of benzene rings is 1. The van der Waals surface area contributed by atoms with E-state index in [-0.39, 0.29) is 10.7 Å². The lowest BCUT2D eigenvalue weighted by Gasteiger charge is -2.22. The normalized spacial score (nSPS) is 10.8. The molecule has 158 valence electrons. The number of hydrogen-bond donors (Lipinski definition) is 0. The highest BCUT2D eigenvalue weighted by Gasteiger charge is 2.12. The number of carbonyl (C=O) groups excluding carboxylic acids is 1. The molecule has 0 spiro atoms. The second-order valence-corrected chi connectivity index (χ2v) is 8.90. The lowest BCUT2D eigenvalue weighted by atomic mass is 10.2. The third kappa shape index (κ3) is 7.19. The van der Waals surface area contributed by atoms with Gasteiger partial charge in [0.2, 0.25) is 4.74 Å². The molecule has 6 heteroatoms. The Morgan fingerprint density at radius 1 is 1.17 bits per heavy atom. The van der Waals surface area contributed by atoms with E-state index in [0.717, 1.165) is 66.2 Å². The Morgan fingerprint density at radius 2 is 1.90 bits per heavy atom. The molecular weight excluding hydrogens is 402 g/mol. The summed E-state index contributed by atoms with van der Waals surface area (Å²) in [6.07, 6.45) is 6.53. The monoisotopic (exact) mass is 433 g/mol. The molecule has 0 radical (unpaired) electrons. The zero-order valence-corrected chi connectivity index (χ0v) is 19.1. The van der Waals surface area contributed by atoms with Gasteiger partial charge in [-0.05, 0) is 38.5 Å². The molecule has 0 unspecified atom stereocenters. The highest BCUT2D eigenvalue weighted by atomic mass is 32.2. The van der Waals surface area contributed by atoms with Crippen molar-refractivity contribution in [2.45, 2.75) is 50.8 Å². The maximum Gasteiger partial charge on any atom is 0.330 e. The van der Waals surface area contributed by atoms with Crippen LogP contribution >= 0.6 is 23.1 Å². The highest BCUT2D eigenvalue weighted by Crippen LogP contribution is 2.35. The molecule has 2 aromatic rings. The summed E-state index contributed by atoms with van der Waals surface area (Å²) in [6, 6.07) is 8.13. The summed E-state index contributed by atoms with van der Waals surface area (Å²) < 4.78 is 6.19. The van der Waals surface area contributed by atoms with E-state index in [1.54, 1.807) is 17.8 Å². The van der Waals surface area contributed by atoms with Crippen LogP contribution in [0, 0.1) is 0 Å². The molecule has 2 rings (SSSR count). The summed E-state index contributed by atoms with van der Waals surface area (Å²) in [4.78, 5) is 26.7. The zero-order chi connectivity index (χ0) is 21.1. The molecule has 0 bridgehead atoms. The number of nitrogens with zero attached hydrogens (tertiary/aromatic N) is 1. The predicted octanol–water partition coefficient (Wildman–Crippen LogP) is 5.88. The summed E-state index contributed by atoms with van der Waals surface area (Å²) in [5.41, 5.74) is 1.16. The van der Waals surface area contributed by atoms with Crippen LogP contribution in [0.4, 0.5) is 5.69 Å². The van der Waals surface area contributed by atoms with Gasteiger partial charge in [-0.3, -0.25) is 4.79 Å². The quantitative estimate of drug-likeness (QED) is 0.171. The SMILES string of the molecule is C=CC(=O)OCCCCCCCSc1cc(=O)sc2c(N(CC)CC)cccc12. The van der Waals surface area contributed by atoms with Crippen LogP contribution < -0.4 is 9.64 Å². The van der Waals surface area contributed by atoms with Crippen LogP contribution in [0.2, 0.25) is 0 Å². The van der Waals surface area contributed by atoms with Crippen molar-refractivity contribution in [2.75, 3.05) is 30.3 Å². The fraction of sp³-hybridized carbons (Fsp3) is 0.478. The van der Waals surface area contributed by atoms with E-state index < -0.39 is 0 Å². The van der Waals surface area contributed by atoms with Gasteiger partial charge in [0, 0.05) is 35.5 Å². The smallest absolute Gasteiger partial charge is 0.330 e. The molecule has 1 aromatic heterocycles. The number of carbonyl (C=O) groups is 1. The van der Waals surface area contributed by atoms with Crippen molar-refractivity contribution in [3.05, 3.63) is 46.5 Å². The molecule has 0 aliphatic carbocycles. The summed E-state index contributed by atoms with van der Waals surface area (Å²) >= 11 is 3.13. The van der Waals surface area contributed by atoms with E-state index in [2.05, 4.69) is 43.5 Å². The standard InChI is InChI=1S/C23H31NO3S2/c1-4-21(25)27-15-10-8-7-9-11-16-28-20-17-22(26)29-23-18(20)13-12-14-19(23)24(5-2)6-3/h4,12-14,17H,1,5-11,15-16H2,2-3H3.